The van der Waals surface area contributed by atoms with Crippen molar-refractivity contribution in [1.29, 1.82) is 0 Å². The highest BCUT2D eigenvalue weighted by Gasteiger charge is 2.33. The molecule has 2 amide bonds. The van der Waals surface area contributed by atoms with E-state index < -0.39 is 0 Å². The molecule has 1 fully saturated rings. The zero-order valence-electron chi connectivity index (χ0n) is 14.9. The summed E-state index contributed by atoms with van der Waals surface area (Å²) in [4.78, 5) is 27.1. The summed E-state index contributed by atoms with van der Waals surface area (Å²) >= 11 is 0. The first-order chi connectivity index (χ1) is 12.0. The van der Waals surface area contributed by atoms with Crippen molar-refractivity contribution in [2.45, 2.75) is 39.7 Å². The smallest absolute Gasteiger partial charge is 0.291 e. The monoisotopic (exact) mass is 340 g/mol. The number of carbonyl (C=O) groups excluding carboxylic acids is 2. The van der Waals surface area contributed by atoms with Crippen LogP contribution in [0.4, 0.5) is 5.69 Å². The number of nitrogens with zero attached hydrogens (tertiary/aromatic N) is 1. The fraction of sp³-hybridized carbons (Fsp3) is 0.400. The van der Waals surface area contributed by atoms with Gasteiger partial charge in [-0.15, -0.1) is 0 Å². The van der Waals surface area contributed by atoms with E-state index in [9.17, 15) is 9.59 Å². The third-order valence-electron chi connectivity index (χ3n) is 4.29. The Labute approximate surface area is 148 Å². The van der Waals surface area contributed by atoms with Crippen molar-refractivity contribution < 1.29 is 14.0 Å². The molecular formula is C20H24N2O3. The van der Waals surface area contributed by atoms with Crippen LogP contribution in [0.25, 0.3) is 0 Å². The molecule has 5 heteroatoms. The third-order valence-corrected chi connectivity index (χ3v) is 4.29. The molecular weight excluding hydrogens is 316 g/mol. The molecule has 0 spiro atoms. The molecule has 0 aliphatic heterocycles. The van der Waals surface area contributed by atoms with E-state index in [4.69, 9.17) is 4.42 Å². The number of amides is 2. The Balaban J connectivity index is 1.80. The molecule has 0 atom stereocenters. The molecule has 0 radical (unpaired) electrons. The maximum Gasteiger partial charge on any atom is 0.291 e. The van der Waals surface area contributed by atoms with Crippen LogP contribution in [0.1, 0.15) is 53.2 Å². The Hall–Kier alpha value is -2.56. The van der Waals surface area contributed by atoms with Crippen molar-refractivity contribution in [3.05, 3.63) is 53.5 Å². The molecule has 1 N–H and O–H groups in total. The maximum absolute atomic E-state index is 12.9. The fourth-order valence-electron chi connectivity index (χ4n) is 2.82. The summed E-state index contributed by atoms with van der Waals surface area (Å²) in [7, 11) is 0. The number of benzene rings is 1. The minimum absolute atomic E-state index is 0.0321. The molecule has 0 bridgehead atoms. The van der Waals surface area contributed by atoms with Gasteiger partial charge in [0.25, 0.3) is 11.8 Å². The largest absolute Gasteiger partial charge is 0.459 e. The highest BCUT2D eigenvalue weighted by atomic mass is 16.3. The first-order valence-corrected chi connectivity index (χ1v) is 8.72. The highest BCUT2D eigenvalue weighted by molar-refractivity contribution is 6.04. The van der Waals surface area contributed by atoms with Gasteiger partial charge in [-0.1, -0.05) is 19.9 Å². The van der Waals surface area contributed by atoms with E-state index in [1.165, 1.54) is 6.26 Å². The van der Waals surface area contributed by atoms with E-state index in [1.807, 2.05) is 24.0 Å². The topological polar surface area (TPSA) is 62.6 Å². The minimum Gasteiger partial charge on any atom is -0.459 e. The van der Waals surface area contributed by atoms with Gasteiger partial charge in [-0.05, 0) is 55.5 Å². The predicted molar refractivity (Wildman–Crippen MR) is 96.7 cm³/mol. The molecule has 1 aromatic carbocycles. The van der Waals surface area contributed by atoms with Gasteiger partial charge in [0.15, 0.2) is 5.76 Å². The summed E-state index contributed by atoms with van der Waals surface area (Å²) in [6.07, 6.45) is 3.61. The van der Waals surface area contributed by atoms with E-state index in [-0.39, 0.29) is 17.6 Å². The van der Waals surface area contributed by atoms with Crippen LogP contribution in [0.15, 0.2) is 41.0 Å². The Morgan fingerprint density at radius 2 is 2.04 bits per heavy atom. The SMILES string of the molecule is Cc1ccc(C(=O)N(CC(C)C)C2CC2)cc1NC(=O)c1ccco1. The lowest BCUT2D eigenvalue weighted by Crippen LogP contribution is -2.36. The van der Waals surface area contributed by atoms with Crippen molar-refractivity contribution in [3.8, 4) is 0 Å². The minimum atomic E-state index is -0.320. The highest BCUT2D eigenvalue weighted by Crippen LogP contribution is 2.30. The second-order valence-electron chi connectivity index (χ2n) is 7.04. The van der Waals surface area contributed by atoms with Crippen molar-refractivity contribution in [1.82, 2.24) is 4.90 Å². The van der Waals surface area contributed by atoms with Gasteiger partial charge in [0.1, 0.15) is 0 Å². The summed E-state index contributed by atoms with van der Waals surface area (Å²) in [5.74, 6) is 0.382. The second kappa shape index (κ2) is 7.13. The van der Waals surface area contributed by atoms with Gasteiger partial charge in [-0.3, -0.25) is 9.59 Å². The molecule has 0 unspecified atom stereocenters. The van der Waals surface area contributed by atoms with Crippen LogP contribution in [0, 0.1) is 12.8 Å². The number of carbonyl (C=O) groups is 2. The standard InChI is InChI=1S/C20H24N2O3/c1-13(2)12-22(16-8-9-16)20(24)15-7-6-14(3)17(11-15)21-19(23)18-5-4-10-25-18/h4-7,10-11,13,16H,8-9,12H2,1-3H3,(H,21,23). The lowest BCUT2D eigenvalue weighted by Gasteiger charge is -2.25. The van der Waals surface area contributed by atoms with Gasteiger partial charge in [-0.25, -0.2) is 0 Å². The van der Waals surface area contributed by atoms with Gasteiger partial charge >= 0.3 is 0 Å². The van der Waals surface area contributed by atoms with Crippen molar-refractivity contribution in [2.75, 3.05) is 11.9 Å². The molecule has 1 aliphatic rings. The first kappa shape index (κ1) is 17.3. The summed E-state index contributed by atoms with van der Waals surface area (Å²) in [5, 5.41) is 2.83. The Morgan fingerprint density at radius 1 is 1.28 bits per heavy atom. The van der Waals surface area contributed by atoms with Crippen LogP contribution in [0.2, 0.25) is 0 Å². The molecule has 132 valence electrons. The number of furan rings is 1. The zero-order valence-corrected chi connectivity index (χ0v) is 14.9. The summed E-state index contributed by atoms with van der Waals surface area (Å²) < 4.78 is 5.12. The predicted octanol–water partition coefficient (Wildman–Crippen LogP) is 4.10. The van der Waals surface area contributed by atoms with E-state index in [2.05, 4.69) is 19.2 Å². The van der Waals surface area contributed by atoms with E-state index in [0.717, 1.165) is 24.9 Å². The van der Waals surface area contributed by atoms with Gasteiger partial charge in [0, 0.05) is 23.8 Å². The van der Waals surface area contributed by atoms with Gasteiger partial charge in [-0.2, -0.15) is 0 Å². The lowest BCUT2D eigenvalue weighted by molar-refractivity contribution is 0.0722. The molecule has 1 heterocycles. The Bertz CT molecular complexity index is 761. The number of hydrogen-bond donors (Lipinski definition) is 1. The number of aryl methyl sites for hydroxylation is 1. The van der Waals surface area contributed by atoms with Crippen LogP contribution in [-0.4, -0.2) is 29.3 Å². The van der Waals surface area contributed by atoms with Crippen LogP contribution in [0.5, 0.6) is 0 Å². The molecule has 0 saturated heterocycles. The van der Waals surface area contributed by atoms with Gasteiger partial charge in [0.2, 0.25) is 0 Å². The van der Waals surface area contributed by atoms with Gasteiger partial charge in [0.05, 0.1) is 6.26 Å². The van der Waals surface area contributed by atoms with E-state index in [1.54, 1.807) is 18.2 Å². The first-order valence-electron chi connectivity index (χ1n) is 8.72. The molecule has 5 nitrogen and oxygen atoms in total. The van der Waals surface area contributed by atoms with E-state index in [0.29, 0.717) is 23.2 Å². The van der Waals surface area contributed by atoms with E-state index >= 15 is 0 Å². The fourth-order valence-corrected chi connectivity index (χ4v) is 2.82. The van der Waals surface area contributed by atoms with Crippen LogP contribution < -0.4 is 5.32 Å². The Kier molecular flexibility index (Phi) is 4.93. The van der Waals surface area contributed by atoms with Crippen molar-refractivity contribution in [3.63, 3.8) is 0 Å². The van der Waals surface area contributed by atoms with Crippen LogP contribution >= 0.6 is 0 Å². The molecule has 2 aromatic rings. The molecule has 1 saturated carbocycles. The molecule has 3 rings (SSSR count). The lowest BCUT2D eigenvalue weighted by atomic mass is 10.1. The summed E-state index contributed by atoms with van der Waals surface area (Å²) in [6, 6.07) is 9.09. The number of nitrogens with one attached hydrogen (secondary N) is 1. The zero-order chi connectivity index (χ0) is 18.0. The average molecular weight is 340 g/mol. The summed E-state index contributed by atoms with van der Waals surface area (Å²) in [5.41, 5.74) is 2.14. The van der Waals surface area contributed by atoms with Crippen LogP contribution in [0.3, 0.4) is 0 Å². The quantitative estimate of drug-likeness (QED) is 0.861. The molecule has 1 aromatic heterocycles. The van der Waals surface area contributed by atoms with Gasteiger partial charge < -0.3 is 14.6 Å². The van der Waals surface area contributed by atoms with Crippen molar-refractivity contribution >= 4 is 17.5 Å². The van der Waals surface area contributed by atoms with Crippen LogP contribution in [-0.2, 0) is 0 Å². The normalized spacial score (nSPS) is 13.8. The molecule has 25 heavy (non-hydrogen) atoms. The number of rotatable bonds is 6. The van der Waals surface area contributed by atoms with Crippen molar-refractivity contribution in [2.24, 2.45) is 5.92 Å². The number of hydrogen-bond acceptors (Lipinski definition) is 3. The molecule has 1 aliphatic carbocycles. The number of anilines is 1. The summed E-state index contributed by atoms with van der Waals surface area (Å²) in [6.45, 7) is 6.89. The maximum atomic E-state index is 12.9. The second-order valence-corrected chi connectivity index (χ2v) is 7.04. The Morgan fingerprint density at radius 3 is 2.64 bits per heavy atom. The third kappa shape index (κ3) is 4.10. The average Bonchev–Trinajstić information content (AvgIpc) is 3.26.